The third kappa shape index (κ3) is 16.3. The van der Waals surface area contributed by atoms with Gasteiger partial charge in [0.05, 0.1) is 25.6 Å². The van der Waals surface area contributed by atoms with Gasteiger partial charge < -0.3 is 64.0 Å². The number of phenolic OH excluding ortho intramolecular Hbond substituents is 2. The summed E-state index contributed by atoms with van der Waals surface area (Å²) in [6.45, 7) is 31.2. The molecule has 0 saturated heterocycles. The van der Waals surface area contributed by atoms with Crippen LogP contribution in [0.4, 0.5) is 22.7 Å². The van der Waals surface area contributed by atoms with E-state index in [1.807, 2.05) is 111 Å². The Bertz CT molecular complexity index is 2670. The molecule has 0 aromatic heterocycles. The summed E-state index contributed by atoms with van der Waals surface area (Å²) in [5.74, 6) is 1.83. The van der Waals surface area contributed by atoms with E-state index in [0.29, 0.717) is 60.3 Å². The van der Waals surface area contributed by atoms with E-state index < -0.39 is 0 Å². The van der Waals surface area contributed by atoms with Gasteiger partial charge in [-0.2, -0.15) is 0 Å². The number of anilines is 4. The SMILES string of the molecule is COCCCN(c1ccccc1-c1cc(C)cc(C(C)(C)C)c1[O-])c1cc(OC)cc(C(C)(C)C)c1O.COCCCN(c1ccccc1-c1cc(C)cc(C(C)(C)C)c1[O-])c1cc(OC)cc(C(C)(C)C)c1O.[CH3-].[CH3-].[Zr+4]. The van der Waals surface area contributed by atoms with E-state index in [9.17, 15) is 20.4 Å². The predicted molar refractivity (Wildman–Crippen MR) is 316 cm³/mol. The zero-order valence-electron chi connectivity index (χ0n) is 50.2. The van der Waals surface area contributed by atoms with Crippen molar-refractivity contribution < 1.29 is 65.6 Å². The van der Waals surface area contributed by atoms with Gasteiger partial charge in [-0.25, -0.2) is 0 Å². The molecule has 0 aliphatic carbocycles. The molecular weight excluding hydrogens is 1040 g/mol. The minimum absolute atomic E-state index is 0. The molecule has 0 radical (unpaired) electrons. The molecule has 0 spiro atoms. The van der Waals surface area contributed by atoms with Crippen molar-refractivity contribution in [3.63, 3.8) is 0 Å². The van der Waals surface area contributed by atoms with Crippen molar-refractivity contribution in [2.24, 2.45) is 0 Å². The van der Waals surface area contributed by atoms with Gasteiger partial charge in [0.25, 0.3) is 0 Å². The number of aromatic hydroxyl groups is 2. The van der Waals surface area contributed by atoms with Crippen LogP contribution in [0.2, 0.25) is 0 Å². The van der Waals surface area contributed by atoms with Crippen LogP contribution in [0.25, 0.3) is 22.3 Å². The van der Waals surface area contributed by atoms with E-state index >= 15 is 0 Å². The van der Waals surface area contributed by atoms with E-state index in [4.69, 9.17) is 18.9 Å². The van der Waals surface area contributed by atoms with Crippen molar-refractivity contribution in [2.45, 2.75) is 131 Å². The molecule has 0 saturated carbocycles. The van der Waals surface area contributed by atoms with E-state index in [0.717, 1.165) is 68.7 Å². The van der Waals surface area contributed by atoms with Crippen LogP contribution in [0.3, 0.4) is 0 Å². The summed E-state index contributed by atoms with van der Waals surface area (Å²) in [6, 6.07) is 31.3. The number of ether oxygens (including phenoxy) is 4. The van der Waals surface area contributed by atoms with Gasteiger partial charge in [0.1, 0.15) is 23.0 Å². The molecule has 0 amide bonds. The summed E-state index contributed by atoms with van der Waals surface area (Å²) in [4.78, 5) is 4.17. The van der Waals surface area contributed by atoms with Crippen LogP contribution < -0.4 is 29.5 Å². The second-order valence-electron chi connectivity index (χ2n) is 23.5. The summed E-state index contributed by atoms with van der Waals surface area (Å²) >= 11 is 0. The number of nitrogens with zero attached hydrogens (tertiary/aromatic N) is 2. The maximum absolute atomic E-state index is 13.8. The largest absolute Gasteiger partial charge is 4.00 e. The fourth-order valence-electron chi connectivity index (χ4n) is 9.39. The van der Waals surface area contributed by atoms with E-state index in [1.54, 1.807) is 28.4 Å². The third-order valence-corrected chi connectivity index (χ3v) is 13.3. The average Bonchev–Trinajstić information content (AvgIpc) is 3.32. The van der Waals surface area contributed by atoms with Crippen LogP contribution in [-0.2, 0) is 57.3 Å². The Kier molecular flexibility index (Phi) is 24.5. The Labute approximate surface area is 483 Å². The molecule has 2 N–H and O–H groups in total. The zero-order chi connectivity index (χ0) is 55.1. The van der Waals surface area contributed by atoms with Crippen molar-refractivity contribution in [3.05, 3.63) is 145 Å². The second-order valence-corrected chi connectivity index (χ2v) is 23.5. The number of benzene rings is 6. The first-order valence-corrected chi connectivity index (χ1v) is 25.8. The van der Waals surface area contributed by atoms with Crippen molar-refractivity contribution in [3.8, 4) is 56.8 Å². The molecule has 10 nitrogen and oxygen atoms in total. The second kappa shape index (κ2) is 27.9. The normalized spacial score (nSPS) is 11.6. The van der Waals surface area contributed by atoms with Crippen LogP contribution in [0.5, 0.6) is 34.5 Å². The van der Waals surface area contributed by atoms with Gasteiger partial charge in [0.15, 0.2) is 0 Å². The van der Waals surface area contributed by atoms with E-state index in [1.165, 1.54) is 0 Å². The Morgan fingerprint density at radius 3 is 1.03 bits per heavy atom. The molecule has 0 atom stereocenters. The minimum atomic E-state index is -0.300. The monoisotopic (exact) mass is 1130 g/mol. The molecule has 0 fully saturated rings. The number of hydrogen-bond acceptors (Lipinski definition) is 10. The van der Waals surface area contributed by atoms with Gasteiger partial charge in [0.2, 0.25) is 0 Å². The Morgan fingerprint density at radius 1 is 0.429 bits per heavy atom. The molecule has 0 heterocycles. The van der Waals surface area contributed by atoms with Crippen LogP contribution in [0.15, 0.2) is 97.1 Å². The zero-order valence-corrected chi connectivity index (χ0v) is 52.7. The van der Waals surface area contributed by atoms with E-state index in [2.05, 4.69) is 92.9 Å². The Hall–Kier alpha value is -5.48. The minimum Gasteiger partial charge on any atom is -0.872 e. The molecule has 416 valence electrons. The summed E-state index contributed by atoms with van der Waals surface area (Å²) in [5.41, 5.74) is 10.1. The quantitative estimate of drug-likeness (QED) is 0.0714. The molecule has 6 aromatic carbocycles. The van der Waals surface area contributed by atoms with Crippen molar-refractivity contribution in [1.29, 1.82) is 0 Å². The standard InChI is InChI=1S/2C32H43NO4.2CH3.Zr/c2*1-21-17-24(29(34)25(18-21)31(2,3)4)23-13-10-11-14-27(23)33(15-12-16-36-8)28-20-22(37-9)19-26(30(28)35)32(5,6)7;;;/h2*10-11,13-14,17-20,34-35H,12,15-16H2,1-9H3;2*1H3;/q;;2*-1;+4/p-2. The topological polar surface area (TPSA) is 130 Å². The Morgan fingerprint density at radius 2 is 0.740 bits per heavy atom. The molecule has 6 aromatic rings. The molecule has 0 aliphatic rings. The molecule has 77 heavy (non-hydrogen) atoms. The summed E-state index contributed by atoms with van der Waals surface area (Å²) < 4.78 is 22.0. The van der Waals surface area contributed by atoms with E-state index in [-0.39, 0.29) is 85.7 Å². The van der Waals surface area contributed by atoms with Gasteiger partial charge in [-0.05, 0) is 94.9 Å². The van der Waals surface area contributed by atoms with Crippen LogP contribution in [0, 0.1) is 28.7 Å². The predicted octanol–water partition coefficient (Wildman–Crippen LogP) is 15.3. The van der Waals surface area contributed by atoms with Crippen molar-refractivity contribution >= 4 is 22.7 Å². The molecule has 0 aliphatic heterocycles. The first kappa shape index (κ1) is 67.6. The maximum atomic E-state index is 13.8. The summed E-state index contributed by atoms with van der Waals surface area (Å²) in [6.07, 6.45) is 1.47. The van der Waals surface area contributed by atoms with Crippen molar-refractivity contribution in [2.75, 3.05) is 64.5 Å². The van der Waals surface area contributed by atoms with Crippen LogP contribution >= 0.6 is 0 Å². The fraction of sp³-hybridized carbons (Fsp3) is 0.424. The average molecular weight is 1130 g/mol. The molecule has 0 bridgehead atoms. The molecular formula is C66H90N2O8Zr. The number of hydrogen-bond donors (Lipinski definition) is 2. The van der Waals surface area contributed by atoms with Gasteiger partial charge in [0, 0.05) is 86.3 Å². The third-order valence-electron chi connectivity index (χ3n) is 13.3. The number of rotatable bonds is 16. The molecule has 11 heteroatoms. The molecule has 0 unspecified atom stereocenters. The summed E-state index contributed by atoms with van der Waals surface area (Å²) in [7, 11) is 6.64. The first-order chi connectivity index (χ1) is 34.6. The van der Waals surface area contributed by atoms with Crippen LogP contribution in [0.1, 0.15) is 129 Å². The number of para-hydroxylation sites is 2. The van der Waals surface area contributed by atoms with Crippen LogP contribution in [-0.4, -0.2) is 65.0 Å². The van der Waals surface area contributed by atoms with Crippen molar-refractivity contribution in [1.82, 2.24) is 0 Å². The van der Waals surface area contributed by atoms with Gasteiger partial charge >= 0.3 is 26.2 Å². The summed E-state index contributed by atoms with van der Waals surface area (Å²) in [5, 5.41) is 50.7. The molecule has 6 rings (SSSR count). The number of phenols is 2. The van der Waals surface area contributed by atoms with Gasteiger partial charge in [-0.1, -0.05) is 166 Å². The smallest absolute Gasteiger partial charge is 0.872 e. The first-order valence-electron chi connectivity index (χ1n) is 25.8. The fourth-order valence-corrected chi connectivity index (χ4v) is 9.39. The Balaban J connectivity index is 0.000000507. The van der Waals surface area contributed by atoms with Gasteiger partial charge in [-0.3, -0.25) is 0 Å². The van der Waals surface area contributed by atoms with Gasteiger partial charge in [-0.15, -0.1) is 0 Å². The maximum Gasteiger partial charge on any atom is 4.00 e. The number of methoxy groups -OCH3 is 4. The number of aryl methyl sites for hydroxylation is 2.